The van der Waals surface area contributed by atoms with Gasteiger partial charge in [0, 0.05) is 25.4 Å². The molecule has 25 heavy (non-hydrogen) atoms. The first kappa shape index (κ1) is 16.2. The van der Waals surface area contributed by atoms with Crippen LogP contribution in [0.2, 0.25) is 0 Å². The largest absolute Gasteiger partial charge is 0.451 e. The van der Waals surface area contributed by atoms with Gasteiger partial charge in [-0.3, -0.25) is 9.78 Å². The maximum Gasteiger partial charge on any atom is 0.276 e. The second kappa shape index (κ2) is 6.57. The van der Waals surface area contributed by atoms with Gasteiger partial charge in [0.25, 0.3) is 5.91 Å². The highest BCUT2D eigenvalue weighted by atomic mass is 16.5. The standard InChI is InChI=1S/C18H21N3O4/c1-13-4-14(7-19-6-13)8-24-15-2-3-25-18(5-15)10-21(11-18)17(22)16-9-23-12-20-16/h4,6-7,9,12,15H,2-3,5,8,10-11H2,1H3. The summed E-state index contributed by atoms with van der Waals surface area (Å²) in [5.74, 6) is -0.114. The molecule has 1 atom stereocenters. The van der Waals surface area contributed by atoms with Gasteiger partial charge in [-0.2, -0.15) is 0 Å². The molecule has 2 aromatic heterocycles. The normalized spacial score (nSPS) is 22.0. The number of carbonyl (C=O) groups is 1. The maximum atomic E-state index is 12.2. The van der Waals surface area contributed by atoms with Crippen molar-refractivity contribution in [2.24, 2.45) is 0 Å². The Kier molecular flexibility index (Phi) is 4.27. The molecule has 4 rings (SSSR count). The number of pyridine rings is 1. The number of nitrogens with zero attached hydrogens (tertiary/aromatic N) is 3. The lowest BCUT2D eigenvalue weighted by molar-refractivity contribution is -0.188. The highest BCUT2D eigenvalue weighted by molar-refractivity contribution is 5.92. The third-order valence-electron chi connectivity index (χ3n) is 4.76. The van der Waals surface area contributed by atoms with Crippen molar-refractivity contribution in [3.8, 4) is 0 Å². The Balaban J connectivity index is 1.31. The van der Waals surface area contributed by atoms with Crippen LogP contribution < -0.4 is 0 Å². The van der Waals surface area contributed by atoms with Crippen LogP contribution in [0.25, 0.3) is 0 Å². The monoisotopic (exact) mass is 343 g/mol. The van der Waals surface area contributed by atoms with Crippen LogP contribution in [-0.2, 0) is 16.1 Å². The number of amides is 1. The van der Waals surface area contributed by atoms with Gasteiger partial charge in [0.1, 0.15) is 11.9 Å². The van der Waals surface area contributed by atoms with Gasteiger partial charge in [0.15, 0.2) is 12.1 Å². The summed E-state index contributed by atoms with van der Waals surface area (Å²) in [7, 11) is 0. The van der Waals surface area contributed by atoms with Crippen LogP contribution in [0.4, 0.5) is 0 Å². The van der Waals surface area contributed by atoms with Crippen LogP contribution in [0.1, 0.15) is 34.5 Å². The van der Waals surface area contributed by atoms with Crippen molar-refractivity contribution in [1.29, 1.82) is 0 Å². The molecule has 7 heteroatoms. The van der Waals surface area contributed by atoms with E-state index in [2.05, 4.69) is 16.0 Å². The van der Waals surface area contributed by atoms with Gasteiger partial charge in [-0.1, -0.05) is 6.07 Å². The zero-order chi connectivity index (χ0) is 17.3. The lowest BCUT2D eigenvalue weighted by Gasteiger charge is -2.52. The first-order valence-corrected chi connectivity index (χ1v) is 8.47. The Hall–Kier alpha value is -2.25. The van der Waals surface area contributed by atoms with Gasteiger partial charge in [-0.25, -0.2) is 4.98 Å². The highest BCUT2D eigenvalue weighted by Gasteiger charge is 2.50. The van der Waals surface area contributed by atoms with Gasteiger partial charge in [0.05, 0.1) is 25.8 Å². The minimum atomic E-state index is -0.285. The van der Waals surface area contributed by atoms with Crippen LogP contribution in [0.5, 0.6) is 0 Å². The van der Waals surface area contributed by atoms with Crippen molar-refractivity contribution in [3.63, 3.8) is 0 Å². The molecule has 0 saturated carbocycles. The zero-order valence-electron chi connectivity index (χ0n) is 14.2. The van der Waals surface area contributed by atoms with Gasteiger partial charge in [-0.15, -0.1) is 0 Å². The molecule has 7 nitrogen and oxygen atoms in total. The predicted molar refractivity (Wildman–Crippen MR) is 87.9 cm³/mol. The summed E-state index contributed by atoms with van der Waals surface area (Å²) < 4.78 is 16.9. The van der Waals surface area contributed by atoms with E-state index in [0.717, 1.165) is 24.0 Å². The van der Waals surface area contributed by atoms with Gasteiger partial charge in [0.2, 0.25) is 0 Å². The predicted octanol–water partition coefficient (Wildman–Crippen LogP) is 1.97. The molecule has 0 aromatic carbocycles. The first-order chi connectivity index (χ1) is 12.1. The topological polar surface area (TPSA) is 77.7 Å². The number of carbonyl (C=O) groups excluding carboxylic acids is 1. The molecule has 0 bridgehead atoms. The highest BCUT2D eigenvalue weighted by Crippen LogP contribution is 2.36. The molecule has 132 valence electrons. The van der Waals surface area contributed by atoms with Gasteiger partial charge < -0.3 is 18.8 Å². The smallest absolute Gasteiger partial charge is 0.276 e. The second-order valence-corrected chi connectivity index (χ2v) is 6.86. The quantitative estimate of drug-likeness (QED) is 0.845. The molecule has 2 saturated heterocycles. The van der Waals surface area contributed by atoms with E-state index in [1.54, 1.807) is 4.90 Å². The van der Waals surface area contributed by atoms with E-state index in [1.807, 2.05) is 19.3 Å². The zero-order valence-corrected chi connectivity index (χ0v) is 14.2. The molecule has 2 aromatic rings. The van der Waals surface area contributed by atoms with E-state index in [9.17, 15) is 4.79 Å². The summed E-state index contributed by atoms with van der Waals surface area (Å²) in [4.78, 5) is 22.1. The minimum absolute atomic E-state index is 0.114. The van der Waals surface area contributed by atoms with Gasteiger partial charge in [-0.05, 0) is 24.5 Å². The molecular formula is C18H21N3O4. The Bertz CT molecular complexity index is 741. The molecule has 1 spiro atoms. The molecule has 2 aliphatic heterocycles. The summed E-state index contributed by atoms with van der Waals surface area (Å²) in [6.45, 7) is 4.38. The van der Waals surface area contributed by atoms with E-state index in [1.165, 1.54) is 12.7 Å². The fourth-order valence-electron chi connectivity index (χ4n) is 3.53. The van der Waals surface area contributed by atoms with Crippen molar-refractivity contribution in [2.45, 2.75) is 38.1 Å². The average molecular weight is 343 g/mol. The number of likely N-dealkylation sites (tertiary alicyclic amines) is 1. The first-order valence-electron chi connectivity index (χ1n) is 8.47. The van der Waals surface area contributed by atoms with E-state index in [4.69, 9.17) is 13.9 Å². The van der Waals surface area contributed by atoms with Crippen molar-refractivity contribution in [2.75, 3.05) is 19.7 Å². The Labute approximate surface area is 146 Å². The molecule has 0 N–H and O–H groups in total. The fraction of sp³-hybridized carbons (Fsp3) is 0.500. The Morgan fingerprint density at radius 2 is 2.32 bits per heavy atom. The number of rotatable bonds is 4. The van der Waals surface area contributed by atoms with Crippen molar-refractivity contribution in [1.82, 2.24) is 14.9 Å². The van der Waals surface area contributed by atoms with Crippen LogP contribution >= 0.6 is 0 Å². The Morgan fingerprint density at radius 3 is 3.08 bits per heavy atom. The average Bonchev–Trinajstić information content (AvgIpc) is 3.12. The number of aryl methyl sites for hydroxylation is 1. The van der Waals surface area contributed by atoms with Crippen LogP contribution in [-0.4, -0.2) is 52.2 Å². The summed E-state index contributed by atoms with van der Waals surface area (Å²) in [5, 5.41) is 0. The number of oxazole rings is 1. The second-order valence-electron chi connectivity index (χ2n) is 6.86. The molecule has 2 aliphatic rings. The van der Waals surface area contributed by atoms with Crippen molar-refractivity contribution >= 4 is 5.91 Å². The lowest BCUT2D eigenvalue weighted by atomic mass is 9.84. The van der Waals surface area contributed by atoms with Crippen LogP contribution in [0.15, 0.2) is 35.5 Å². The van der Waals surface area contributed by atoms with Crippen molar-refractivity contribution < 1.29 is 18.7 Å². The lowest BCUT2D eigenvalue weighted by Crippen LogP contribution is -2.67. The summed E-state index contributed by atoms with van der Waals surface area (Å²) in [6.07, 6.45) is 8.12. The van der Waals surface area contributed by atoms with E-state index >= 15 is 0 Å². The van der Waals surface area contributed by atoms with E-state index in [-0.39, 0.29) is 17.6 Å². The van der Waals surface area contributed by atoms with Crippen molar-refractivity contribution in [3.05, 3.63) is 47.9 Å². The summed E-state index contributed by atoms with van der Waals surface area (Å²) in [5.41, 5.74) is 2.26. The molecule has 0 aliphatic carbocycles. The van der Waals surface area contributed by atoms with Crippen LogP contribution in [0, 0.1) is 6.92 Å². The number of aromatic nitrogens is 2. The molecule has 1 unspecified atom stereocenters. The molecular weight excluding hydrogens is 322 g/mol. The molecule has 1 amide bonds. The molecule has 2 fully saturated rings. The molecule has 0 radical (unpaired) electrons. The maximum absolute atomic E-state index is 12.2. The Morgan fingerprint density at radius 1 is 1.44 bits per heavy atom. The summed E-state index contributed by atoms with van der Waals surface area (Å²) in [6, 6.07) is 2.09. The third-order valence-corrected chi connectivity index (χ3v) is 4.76. The van der Waals surface area contributed by atoms with Gasteiger partial charge >= 0.3 is 0 Å². The summed E-state index contributed by atoms with van der Waals surface area (Å²) >= 11 is 0. The third kappa shape index (κ3) is 3.43. The van der Waals surface area contributed by atoms with E-state index < -0.39 is 0 Å². The molecule has 4 heterocycles. The number of hydrogen-bond acceptors (Lipinski definition) is 6. The van der Waals surface area contributed by atoms with Crippen LogP contribution in [0.3, 0.4) is 0 Å². The minimum Gasteiger partial charge on any atom is -0.451 e. The fourth-order valence-corrected chi connectivity index (χ4v) is 3.53. The van der Waals surface area contributed by atoms with E-state index in [0.29, 0.717) is 32.0 Å². The number of ether oxygens (including phenoxy) is 2. The number of hydrogen-bond donors (Lipinski definition) is 0. The SMILES string of the molecule is Cc1cncc(COC2CCOC3(C2)CN(C(=O)c2cocn2)C3)c1.